The lowest BCUT2D eigenvalue weighted by Crippen LogP contribution is -2.40. The molecule has 1 N–H and O–H groups in total. The van der Waals surface area contributed by atoms with Crippen molar-refractivity contribution in [3.8, 4) is 5.75 Å². The van der Waals surface area contributed by atoms with Gasteiger partial charge in [-0.1, -0.05) is 24.3 Å². The molecule has 0 unspecified atom stereocenters. The quantitative estimate of drug-likeness (QED) is 0.738. The zero-order chi connectivity index (χ0) is 22.0. The summed E-state index contributed by atoms with van der Waals surface area (Å²) < 4.78 is 34.6. The number of benzene rings is 2. The number of Topliss-reactive ketones (excluding diaryl/α,β-unsaturated/α-hetero) is 2. The van der Waals surface area contributed by atoms with Crippen LogP contribution in [0.2, 0.25) is 0 Å². The summed E-state index contributed by atoms with van der Waals surface area (Å²) in [5.74, 6) is -0.477. The van der Waals surface area contributed by atoms with Gasteiger partial charge in [-0.05, 0) is 50.5 Å². The zero-order valence-electron chi connectivity index (χ0n) is 17.3. The van der Waals surface area contributed by atoms with Gasteiger partial charge in [-0.25, -0.2) is 8.42 Å². The van der Waals surface area contributed by atoms with Crippen LogP contribution in [0.5, 0.6) is 5.75 Å². The Morgan fingerprint density at radius 1 is 0.903 bits per heavy atom. The van der Waals surface area contributed by atoms with E-state index in [0.717, 1.165) is 19.3 Å². The minimum absolute atomic E-state index is 0.0261. The minimum atomic E-state index is -4.31. The molecule has 8 heteroatoms. The Morgan fingerprint density at radius 3 is 2.13 bits per heavy atom. The van der Waals surface area contributed by atoms with E-state index in [4.69, 9.17) is 4.74 Å². The average molecular weight is 441 g/mol. The van der Waals surface area contributed by atoms with Gasteiger partial charge in [0, 0.05) is 29.9 Å². The fourth-order valence-corrected chi connectivity index (χ4v) is 5.36. The van der Waals surface area contributed by atoms with Gasteiger partial charge in [0.2, 0.25) is 11.6 Å². The summed E-state index contributed by atoms with van der Waals surface area (Å²) in [5, 5.41) is 0. The summed E-state index contributed by atoms with van der Waals surface area (Å²) in [6.45, 7) is 3.43. The van der Waals surface area contributed by atoms with Gasteiger partial charge >= 0.3 is 0 Å². The second-order valence-corrected chi connectivity index (χ2v) is 9.11. The van der Waals surface area contributed by atoms with E-state index in [1.54, 1.807) is 47.4 Å². The molecule has 7 nitrogen and oxygen atoms in total. The van der Waals surface area contributed by atoms with Crippen LogP contribution in [-0.4, -0.2) is 44.6 Å². The number of piperidine rings is 1. The number of allylic oxidation sites excluding steroid dienone is 2. The van der Waals surface area contributed by atoms with Gasteiger partial charge in [0.25, 0.3) is 10.0 Å². The van der Waals surface area contributed by atoms with Crippen molar-refractivity contribution >= 4 is 27.3 Å². The van der Waals surface area contributed by atoms with Gasteiger partial charge in [-0.3, -0.25) is 14.3 Å². The molecule has 0 spiro atoms. The van der Waals surface area contributed by atoms with E-state index in [9.17, 15) is 18.0 Å². The number of ketones is 2. The highest BCUT2D eigenvalue weighted by molar-refractivity contribution is 7.97. The number of rotatable bonds is 6. The zero-order valence-corrected chi connectivity index (χ0v) is 18.1. The van der Waals surface area contributed by atoms with E-state index in [-0.39, 0.29) is 22.5 Å². The molecular weight excluding hydrogens is 416 g/mol. The number of hydrogen-bond acceptors (Lipinski definition) is 6. The smallest absolute Gasteiger partial charge is 0.268 e. The summed E-state index contributed by atoms with van der Waals surface area (Å²) >= 11 is 0. The van der Waals surface area contributed by atoms with Gasteiger partial charge in [0.05, 0.1) is 6.61 Å². The molecule has 1 aliphatic heterocycles. The predicted octanol–water partition coefficient (Wildman–Crippen LogP) is 3.60. The first kappa shape index (κ1) is 21.1. The van der Waals surface area contributed by atoms with Crippen LogP contribution in [0.15, 0.2) is 59.1 Å². The number of nitrogens with zero attached hydrogens (tertiary/aromatic N) is 1. The number of ether oxygens (including phenoxy) is 1. The molecule has 0 saturated carbocycles. The molecule has 2 aromatic carbocycles. The summed E-state index contributed by atoms with van der Waals surface area (Å²) in [7, 11) is -4.31. The molecule has 0 aromatic heterocycles. The number of hydrogen-bond donors (Lipinski definition) is 1. The SMILES string of the molecule is CCOc1ccc(NS(=O)(=O)C2=C(N3CCCCC3)C(=O)c3ccccc3C2=O)cc1. The molecule has 4 rings (SSSR count). The summed E-state index contributed by atoms with van der Waals surface area (Å²) in [4.78, 5) is 27.9. The van der Waals surface area contributed by atoms with E-state index in [1.807, 2.05) is 6.92 Å². The Hall–Kier alpha value is -3.13. The average Bonchev–Trinajstić information content (AvgIpc) is 2.78. The van der Waals surface area contributed by atoms with E-state index in [2.05, 4.69) is 4.72 Å². The van der Waals surface area contributed by atoms with Gasteiger partial charge in [0.15, 0.2) is 4.91 Å². The molecule has 0 amide bonds. The van der Waals surface area contributed by atoms with Gasteiger partial charge < -0.3 is 9.64 Å². The molecule has 2 aromatic rings. The maximum Gasteiger partial charge on any atom is 0.268 e. The van der Waals surface area contributed by atoms with Crippen LogP contribution in [0.3, 0.4) is 0 Å². The van der Waals surface area contributed by atoms with Crippen molar-refractivity contribution in [2.45, 2.75) is 26.2 Å². The molecular formula is C23H24N2O5S. The molecule has 0 atom stereocenters. The Kier molecular flexibility index (Phi) is 5.82. The molecule has 1 fully saturated rings. The lowest BCUT2D eigenvalue weighted by Gasteiger charge is -2.33. The topological polar surface area (TPSA) is 92.8 Å². The molecule has 2 aliphatic rings. The Balaban J connectivity index is 1.78. The summed E-state index contributed by atoms with van der Waals surface area (Å²) in [6, 6.07) is 12.8. The minimum Gasteiger partial charge on any atom is -0.494 e. The maximum atomic E-state index is 13.4. The standard InChI is InChI=1S/C23H24N2O5S/c1-2-30-17-12-10-16(11-13-17)24-31(28,29)23-20(25-14-6-3-7-15-25)21(26)18-8-4-5-9-19(18)22(23)27/h4-5,8-13,24H,2-3,6-7,14-15H2,1H3. The summed E-state index contributed by atoms with van der Waals surface area (Å²) in [6.07, 6.45) is 2.69. The number of likely N-dealkylation sites (tertiary alicyclic amines) is 1. The number of carbonyl (C=O) groups is 2. The van der Waals surface area contributed by atoms with Crippen LogP contribution in [-0.2, 0) is 10.0 Å². The largest absolute Gasteiger partial charge is 0.494 e. The Bertz CT molecular complexity index is 1150. The normalized spacial score (nSPS) is 16.9. The van der Waals surface area contributed by atoms with Crippen LogP contribution >= 0.6 is 0 Å². The van der Waals surface area contributed by atoms with E-state index in [1.165, 1.54) is 6.07 Å². The number of nitrogens with one attached hydrogen (secondary N) is 1. The van der Waals surface area contributed by atoms with Crippen molar-refractivity contribution in [2.24, 2.45) is 0 Å². The number of carbonyl (C=O) groups excluding carboxylic acids is 2. The van der Waals surface area contributed by atoms with Gasteiger partial charge in [-0.15, -0.1) is 0 Å². The first-order valence-electron chi connectivity index (χ1n) is 10.4. The molecule has 31 heavy (non-hydrogen) atoms. The second kappa shape index (κ2) is 8.55. The number of fused-ring (bicyclic) bond motifs is 1. The molecule has 1 heterocycles. The van der Waals surface area contributed by atoms with Gasteiger partial charge in [0.1, 0.15) is 11.4 Å². The maximum absolute atomic E-state index is 13.4. The third-order valence-corrected chi connectivity index (χ3v) is 6.83. The second-order valence-electron chi connectivity index (χ2n) is 7.49. The number of sulfonamides is 1. The molecule has 0 radical (unpaired) electrons. The fraction of sp³-hybridized carbons (Fsp3) is 0.304. The van der Waals surface area contributed by atoms with Gasteiger partial charge in [-0.2, -0.15) is 0 Å². The van der Waals surface area contributed by atoms with Crippen molar-refractivity contribution in [1.82, 2.24) is 4.90 Å². The third-order valence-electron chi connectivity index (χ3n) is 5.41. The Morgan fingerprint density at radius 2 is 1.52 bits per heavy atom. The molecule has 1 aliphatic carbocycles. The third kappa shape index (κ3) is 4.07. The Labute approximate surface area is 181 Å². The first-order chi connectivity index (χ1) is 14.9. The van der Waals surface area contributed by atoms with Crippen molar-refractivity contribution < 1.29 is 22.7 Å². The van der Waals surface area contributed by atoms with Crippen LogP contribution in [0, 0.1) is 0 Å². The first-order valence-corrected chi connectivity index (χ1v) is 11.8. The summed E-state index contributed by atoms with van der Waals surface area (Å²) in [5.41, 5.74) is 0.614. The van der Waals surface area contributed by atoms with Crippen molar-refractivity contribution in [1.29, 1.82) is 0 Å². The monoisotopic (exact) mass is 440 g/mol. The van der Waals surface area contributed by atoms with E-state index < -0.39 is 26.5 Å². The van der Waals surface area contributed by atoms with Crippen LogP contribution in [0.25, 0.3) is 0 Å². The molecule has 0 bridgehead atoms. The van der Waals surface area contributed by atoms with Crippen molar-refractivity contribution in [2.75, 3.05) is 24.4 Å². The highest BCUT2D eigenvalue weighted by atomic mass is 32.2. The fourth-order valence-electron chi connectivity index (χ4n) is 3.99. The highest BCUT2D eigenvalue weighted by Gasteiger charge is 2.41. The predicted molar refractivity (Wildman–Crippen MR) is 118 cm³/mol. The molecule has 1 saturated heterocycles. The van der Waals surface area contributed by atoms with E-state index in [0.29, 0.717) is 25.4 Å². The van der Waals surface area contributed by atoms with Crippen LogP contribution in [0.4, 0.5) is 5.69 Å². The lowest BCUT2D eigenvalue weighted by molar-refractivity contribution is 0.0939. The molecule has 162 valence electrons. The highest BCUT2D eigenvalue weighted by Crippen LogP contribution is 2.33. The van der Waals surface area contributed by atoms with Crippen molar-refractivity contribution in [3.63, 3.8) is 0 Å². The van der Waals surface area contributed by atoms with Crippen molar-refractivity contribution in [3.05, 3.63) is 70.3 Å². The van der Waals surface area contributed by atoms with Crippen LogP contribution < -0.4 is 9.46 Å². The van der Waals surface area contributed by atoms with Crippen LogP contribution in [0.1, 0.15) is 46.9 Å². The van der Waals surface area contributed by atoms with E-state index >= 15 is 0 Å². The lowest BCUT2D eigenvalue weighted by atomic mass is 9.91. The number of anilines is 1.